The van der Waals surface area contributed by atoms with Gasteiger partial charge in [-0.15, -0.1) is 16.8 Å². The van der Waals surface area contributed by atoms with Crippen molar-refractivity contribution in [1.82, 2.24) is 19.7 Å². The van der Waals surface area contributed by atoms with Crippen molar-refractivity contribution in [2.45, 2.75) is 18.3 Å². The number of carbonyl (C=O) groups is 1. The molecule has 1 amide bonds. The Hall–Kier alpha value is -3.40. The minimum Gasteiger partial charge on any atom is -0.483 e. The third-order valence-corrected chi connectivity index (χ3v) is 6.40. The summed E-state index contributed by atoms with van der Waals surface area (Å²) < 4.78 is 35.2. The molecule has 2 aromatic carbocycles. The lowest BCUT2D eigenvalue weighted by Gasteiger charge is -2.36. The van der Waals surface area contributed by atoms with Gasteiger partial charge in [-0.25, -0.2) is 8.78 Å². The first-order valence-electron chi connectivity index (χ1n) is 10.9. The Labute approximate surface area is 201 Å². The van der Waals surface area contributed by atoms with E-state index in [0.29, 0.717) is 49.4 Å². The number of halogens is 2. The molecule has 0 aliphatic carbocycles. The maximum atomic E-state index is 14.0. The Morgan fingerprint density at radius 2 is 1.74 bits per heavy atom. The first-order chi connectivity index (χ1) is 16.6. The van der Waals surface area contributed by atoms with Gasteiger partial charge in [0.2, 0.25) is 5.91 Å². The van der Waals surface area contributed by atoms with Gasteiger partial charge in [-0.2, -0.15) is 0 Å². The summed E-state index contributed by atoms with van der Waals surface area (Å²) in [6, 6.07) is 12.8. The van der Waals surface area contributed by atoms with Gasteiger partial charge in [0.15, 0.2) is 22.5 Å². The standard InChI is InChI=1S/C24H25F2N5O2S/c1-2-11-31-22(16-33-21-10-6-4-8-19(21)26)27-28-24(31)34-17-23(32)30-14-12-29(13-15-30)20-9-5-3-7-18(20)25/h2-10H,1,11-17H2. The number of nitrogens with zero attached hydrogens (tertiary/aromatic N) is 5. The van der Waals surface area contributed by atoms with Crippen molar-refractivity contribution in [3.05, 3.63) is 78.6 Å². The van der Waals surface area contributed by atoms with E-state index in [9.17, 15) is 13.6 Å². The SMILES string of the molecule is C=CCn1c(COc2ccccc2F)nnc1SCC(=O)N1CCN(c2ccccc2F)CC1. The molecule has 7 nitrogen and oxygen atoms in total. The van der Waals surface area contributed by atoms with Gasteiger partial charge in [0.05, 0.1) is 11.4 Å². The van der Waals surface area contributed by atoms with Gasteiger partial charge in [-0.1, -0.05) is 42.1 Å². The van der Waals surface area contributed by atoms with E-state index in [2.05, 4.69) is 16.8 Å². The molecule has 0 spiro atoms. The topological polar surface area (TPSA) is 63.5 Å². The molecule has 1 aliphatic rings. The third-order valence-electron chi connectivity index (χ3n) is 5.45. The number of para-hydroxylation sites is 2. The number of piperazine rings is 1. The molecule has 1 fully saturated rings. The molecule has 1 aromatic heterocycles. The average Bonchev–Trinajstić information content (AvgIpc) is 3.24. The number of rotatable bonds is 9. The molecule has 0 unspecified atom stereocenters. The van der Waals surface area contributed by atoms with Gasteiger partial charge in [0.25, 0.3) is 0 Å². The highest BCUT2D eigenvalue weighted by atomic mass is 32.2. The maximum Gasteiger partial charge on any atom is 0.233 e. The van der Waals surface area contributed by atoms with Crippen LogP contribution in [0.15, 0.2) is 66.3 Å². The van der Waals surface area contributed by atoms with Crippen LogP contribution < -0.4 is 9.64 Å². The number of aromatic nitrogens is 3. The molecule has 178 valence electrons. The molecule has 10 heteroatoms. The average molecular weight is 486 g/mol. The van der Waals surface area contributed by atoms with Gasteiger partial charge in [-0.05, 0) is 24.3 Å². The zero-order chi connectivity index (χ0) is 23.9. The van der Waals surface area contributed by atoms with E-state index in [4.69, 9.17) is 4.74 Å². The number of thioether (sulfide) groups is 1. The van der Waals surface area contributed by atoms with E-state index in [1.165, 1.54) is 23.9 Å². The summed E-state index contributed by atoms with van der Waals surface area (Å²) in [6.45, 7) is 6.42. The van der Waals surface area contributed by atoms with E-state index in [1.54, 1.807) is 45.9 Å². The number of ether oxygens (including phenoxy) is 1. The maximum absolute atomic E-state index is 14.0. The Morgan fingerprint density at radius 3 is 2.44 bits per heavy atom. The van der Waals surface area contributed by atoms with Crippen molar-refractivity contribution >= 4 is 23.4 Å². The van der Waals surface area contributed by atoms with Crippen LogP contribution in [0, 0.1) is 11.6 Å². The van der Waals surface area contributed by atoms with Gasteiger partial charge >= 0.3 is 0 Å². The van der Waals surface area contributed by atoms with Crippen LogP contribution in [0.4, 0.5) is 14.5 Å². The molecule has 0 radical (unpaired) electrons. The zero-order valence-corrected chi connectivity index (χ0v) is 19.4. The Bertz CT molecular complexity index is 1150. The highest BCUT2D eigenvalue weighted by molar-refractivity contribution is 7.99. The van der Waals surface area contributed by atoms with Crippen LogP contribution in [0.5, 0.6) is 5.75 Å². The number of benzene rings is 2. The van der Waals surface area contributed by atoms with E-state index in [0.717, 1.165) is 0 Å². The van der Waals surface area contributed by atoms with Crippen molar-refractivity contribution in [3.8, 4) is 5.75 Å². The fourth-order valence-electron chi connectivity index (χ4n) is 3.67. The molecule has 4 rings (SSSR count). The Morgan fingerprint density at radius 1 is 1.03 bits per heavy atom. The van der Waals surface area contributed by atoms with Crippen LogP contribution in [0.25, 0.3) is 0 Å². The summed E-state index contributed by atoms with van der Waals surface area (Å²) in [7, 11) is 0. The molecule has 2 heterocycles. The minimum atomic E-state index is -0.451. The van der Waals surface area contributed by atoms with E-state index < -0.39 is 5.82 Å². The van der Waals surface area contributed by atoms with Crippen LogP contribution in [-0.4, -0.2) is 57.5 Å². The number of amides is 1. The van der Waals surface area contributed by atoms with Crippen LogP contribution in [-0.2, 0) is 17.9 Å². The monoisotopic (exact) mass is 485 g/mol. The first-order valence-corrected chi connectivity index (χ1v) is 11.9. The molecule has 0 atom stereocenters. The summed E-state index contributed by atoms with van der Waals surface area (Å²) in [4.78, 5) is 16.5. The largest absolute Gasteiger partial charge is 0.483 e. The third kappa shape index (κ3) is 5.56. The van der Waals surface area contributed by atoms with Crippen LogP contribution in [0.2, 0.25) is 0 Å². The highest BCUT2D eigenvalue weighted by Crippen LogP contribution is 2.23. The van der Waals surface area contributed by atoms with Gasteiger partial charge in [0, 0.05) is 32.7 Å². The summed E-state index contributed by atoms with van der Waals surface area (Å²) in [5.74, 6) is 0.117. The van der Waals surface area contributed by atoms with Crippen molar-refractivity contribution in [1.29, 1.82) is 0 Å². The Balaban J connectivity index is 1.32. The summed E-state index contributed by atoms with van der Waals surface area (Å²) in [6.07, 6.45) is 1.70. The molecule has 0 N–H and O–H groups in total. The lowest BCUT2D eigenvalue weighted by molar-refractivity contribution is -0.128. The molecular formula is C24H25F2N5O2S. The quantitative estimate of drug-likeness (QED) is 0.340. The molecule has 1 aliphatic heterocycles. The van der Waals surface area contributed by atoms with E-state index >= 15 is 0 Å². The predicted molar refractivity (Wildman–Crippen MR) is 127 cm³/mol. The van der Waals surface area contributed by atoms with E-state index in [-0.39, 0.29) is 29.8 Å². The lowest BCUT2D eigenvalue weighted by Crippen LogP contribution is -2.49. The second-order valence-corrected chi connectivity index (χ2v) is 8.57. The second-order valence-electron chi connectivity index (χ2n) is 7.63. The molecule has 1 saturated heterocycles. The normalized spacial score (nSPS) is 13.7. The van der Waals surface area contributed by atoms with Crippen LogP contribution in [0.3, 0.4) is 0 Å². The number of anilines is 1. The number of allylic oxidation sites excluding steroid dienone is 1. The van der Waals surface area contributed by atoms with Crippen LogP contribution in [0.1, 0.15) is 5.82 Å². The minimum absolute atomic E-state index is 0.0181. The highest BCUT2D eigenvalue weighted by Gasteiger charge is 2.23. The zero-order valence-electron chi connectivity index (χ0n) is 18.6. The first kappa shape index (κ1) is 23.7. The number of hydrogen-bond acceptors (Lipinski definition) is 6. The predicted octanol–water partition coefficient (Wildman–Crippen LogP) is 3.76. The van der Waals surface area contributed by atoms with Gasteiger partial charge in [-0.3, -0.25) is 9.36 Å². The number of carbonyl (C=O) groups excluding carboxylic acids is 1. The van der Waals surface area contributed by atoms with Crippen molar-refractivity contribution in [2.24, 2.45) is 0 Å². The van der Waals surface area contributed by atoms with Crippen molar-refractivity contribution in [3.63, 3.8) is 0 Å². The fraction of sp³-hybridized carbons (Fsp3) is 0.292. The lowest BCUT2D eigenvalue weighted by atomic mass is 10.2. The molecule has 3 aromatic rings. The van der Waals surface area contributed by atoms with E-state index in [1.807, 2.05) is 11.0 Å². The summed E-state index contributed by atoms with van der Waals surface area (Å²) in [5.41, 5.74) is 0.562. The molecule has 34 heavy (non-hydrogen) atoms. The summed E-state index contributed by atoms with van der Waals surface area (Å²) in [5, 5.41) is 8.89. The number of hydrogen-bond donors (Lipinski definition) is 0. The smallest absolute Gasteiger partial charge is 0.233 e. The molecule has 0 saturated carbocycles. The van der Waals surface area contributed by atoms with Crippen LogP contribution >= 0.6 is 11.8 Å². The Kier molecular flexibility index (Phi) is 7.79. The van der Waals surface area contributed by atoms with Gasteiger partial charge in [0.1, 0.15) is 12.4 Å². The van der Waals surface area contributed by atoms with Crippen molar-refractivity contribution < 1.29 is 18.3 Å². The van der Waals surface area contributed by atoms with Gasteiger partial charge < -0.3 is 14.5 Å². The molecular weight excluding hydrogens is 460 g/mol. The summed E-state index contributed by atoms with van der Waals surface area (Å²) >= 11 is 1.28. The van der Waals surface area contributed by atoms with Crippen molar-refractivity contribution in [2.75, 3.05) is 36.8 Å². The fourth-order valence-corrected chi connectivity index (χ4v) is 4.54. The molecule has 0 bridgehead atoms. The second kappa shape index (κ2) is 11.1.